The molecule has 2 saturated heterocycles. The predicted octanol–water partition coefficient (Wildman–Crippen LogP) is 0.965. The molecule has 3 fully saturated rings. The van der Waals surface area contributed by atoms with Crippen molar-refractivity contribution in [1.82, 2.24) is 14.7 Å². The van der Waals surface area contributed by atoms with Crippen LogP contribution in [0.4, 0.5) is 0 Å². The first kappa shape index (κ1) is 16.2. The molecule has 0 aromatic carbocycles. The summed E-state index contributed by atoms with van der Waals surface area (Å²) in [5.74, 6) is 0.150. The summed E-state index contributed by atoms with van der Waals surface area (Å²) in [5.41, 5.74) is 0. The highest BCUT2D eigenvalue weighted by Crippen LogP contribution is 2.31. The number of hydrogen-bond donors (Lipinski definition) is 0. The Kier molecular flexibility index (Phi) is 4.23. The fourth-order valence-corrected chi connectivity index (χ4v) is 3.89. The Balaban J connectivity index is 1.31. The lowest BCUT2D eigenvalue weighted by Crippen LogP contribution is -2.52. The lowest BCUT2D eigenvalue weighted by atomic mass is 9.92. The van der Waals surface area contributed by atoms with E-state index in [9.17, 15) is 14.4 Å². The van der Waals surface area contributed by atoms with Crippen LogP contribution in [0.3, 0.4) is 0 Å². The summed E-state index contributed by atoms with van der Waals surface area (Å²) >= 11 is 0. The van der Waals surface area contributed by atoms with Gasteiger partial charge in [0.15, 0.2) is 5.76 Å². The molecule has 1 saturated carbocycles. The number of furan rings is 1. The summed E-state index contributed by atoms with van der Waals surface area (Å²) in [7, 11) is 0. The van der Waals surface area contributed by atoms with Crippen molar-refractivity contribution >= 4 is 17.7 Å². The molecular formula is C18H23N3O4. The van der Waals surface area contributed by atoms with Crippen molar-refractivity contribution < 1.29 is 18.8 Å². The average Bonchev–Trinajstić information content (AvgIpc) is 3.23. The molecule has 1 aromatic heterocycles. The van der Waals surface area contributed by atoms with Crippen LogP contribution < -0.4 is 0 Å². The Hall–Kier alpha value is -2.31. The fraction of sp³-hybridized carbons (Fsp3) is 0.611. The van der Waals surface area contributed by atoms with Crippen molar-refractivity contribution in [2.45, 2.75) is 31.7 Å². The second kappa shape index (κ2) is 6.54. The number of amides is 3. The van der Waals surface area contributed by atoms with E-state index in [4.69, 9.17) is 4.42 Å². The second-order valence-corrected chi connectivity index (χ2v) is 7.13. The van der Waals surface area contributed by atoms with Crippen molar-refractivity contribution in [2.24, 2.45) is 5.92 Å². The van der Waals surface area contributed by atoms with Gasteiger partial charge in [-0.3, -0.25) is 14.4 Å². The summed E-state index contributed by atoms with van der Waals surface area (Å²) in [5, 5.41) is 0. The van der Waals surface area contributed by atoms with E-state index in [1.807, 2.05) is 4.90 Å². The normalized spacial score (nSPS) is 24.6. The molecule has 1 unspecified atom stereocenters. The van der Waals surface area contributed by atoms with Gasteiger partial charge in [-0.2, -0.15) is 0 Å². The van der Waals surface area contributed by atoms with Crippen LogP contribution >= 0.6 is 0 Å². The molecule has 134 valence electrons. The largest absolute Gasteiger partial charge is 0.459 e. The van der Waals surface area contributed by atoms with Crippen molar-refractivity contribution in [1.29, 1.82) is 0 Å². The smallest absolute Gasteiger partial charge is 0.289 e. The molecular weight excluding hydrogens is 322 g/mol. The van der Waals surface area contributed by atoms with Crippen LogP contribution in [0.15, 0.2) is 22.8 Å². The van der Waals surface area contributed by atoms with Gasteiger partial charge in [0.2, 0.25) is 11.8 Å². The lowest BCUT2D eigenvalue weighted by molar-refractivity contribution is -0.137. The molecule has 1 atom stereocenters. The highest BCUT2D eigenvalue weighted by molar-refractivity contribution is 5.92. The first-order valence-corrected chi connectivity index (χ1v) is 9.04. The van der Waals surface area contributed by atoms with Gasteiger partial charge in [0, 0.05) is 45.2 Å². The molecule has 0 spiro atoms. The minimum absolute atomic E-state index is 0.0558. The zero-order valence-corrected chi connectivity index (χ0v) is 14.2. The Morgan fingerprint density at radius 2 is 1.80 bits per heavy atom. The van der Waals surface area contributed by atoms with Gasteiger partial charge < -0.3 is 19.1 Å². The molecule has 4 rings (SSSR count). The number of carbonyl (C=O) groups excluding carboxylic acids is 3. The molecule has 7 nitrogen and oxygen atoms in total. The van der Waals surface area contributed by atoms with E-state index in [1.165, 1.54) is 12.7 Å². The number of nitrogens with zero attached hydrogens (tertiary/aromatic N) is 3. The second-order valence-electron chi connectivity index (χ2n) is 7.13. The van der Waals surface area contributed by atoms with E-state index < -0.39 is 0 Å². The summed E-state index contributed by atoms with van der Waals surface area (Å²) in [6.07, 6.45) is 5.14. The lowest BCUT2D eigenvalue weighted by Gasteiger charge is -2.36. The van der Waals surface area contributed by atoms with Crippen LogP contribution in [-0.2, 0) is 9.59 Å². The van der Waals surface area contributed by atoms with Gasteiger partial charge in [0.05, 0.1) is 12.2 Å². The molecule has 0 radical (unpaired) electrons. The molecule has 3 heterocycles. The van der Waals surface area contributed by atoms with Crippen LogP contribution in [0.1, 0.15) is 36.2 Å². The van der Waals surface area contributed by atoms with E-state index in [2.05, 4.69) is 0 Å². The predicted molar refractivity (Wildman–Crippen MR) is 88.7 cm³/mol. The van der Waals surface area contributed by atoms with Gasteiger partial charge in [0.25, 0.3) is 5.91 Å². The van der Waals surface area contributed by atoms with Crippen LogP contribution in [0.2, 0.25) is 0 Å². The first-order valence-electron chi connectivity index (χ1n) is 9.04. The Labute approximate surface area is 146 Å². The summed E-state index contributed by atoms with van der Waals surface area (Å²) in [6, 6.07) is 3.70. The van der Waals surface area contributed by atoms with Gasteiger partial charge in [-0.1, -0.05) is 0 Å². The monoisotopic (exact) mass is 345 g/mol. The standard InChI is InChI=1S/C18H23N3O4/c22-16-11-13(12-21(16)14-3-1-4-14)17(23)19-6-8-20(9-7-19)18(24)15-5-2-10-25-15/h2,5,10,13-14H,1,3-4,6-9,11-12H2. The van der Waals surface area contributed by atoms with Gasteiger partial charge in [-0.05, 0) is 31.4 Å². The molecule has 1 aromatic rings. The molecule has 3 aliphatic rings. The minimum atomic E-state index is -0.222. The molecule has 1 aliphatic carbocycles. The number of hydrogen-bond acceptors (Lipinski definition) is 4. The third-order valence-electron chi connectivity index (χ3n) is 5.63. The summed E-state index contributed by atoms with van der Waals surface area (Å²) < 4.78 is 5.15. The molecule has 2 aliphatic heterocycles. The maximum absolute atomic E-state index is 12.8. The Bertz CT molecular complexity index is 660. The van der Waals surface area contributed by atoms with E-state index in [0.717, 1.165) is 12.8 Å². The van der Waals surface area contributed by atoms with Gasteiger partial charge in [-0.15, -0.1) is 0 Å². The topological polar surface area (TPSA) is 74.1 Å². The number of rotatable bonds is 3. The highest BCUT2D eigenvalue weighted by Gasteiger charge is 2.41. The third-order valence-corrected chi connectivity index (χ3v) is 5.63. The number of likely N-dealkylation sites (tertiary alicyclic amines) is 1. The van der Waals surface area contributed by atoms with Crippen LogP contribution in [0.25, 0.3) is 0 Å². The van der Waals surface area contributed by atoms with Crippen molar-refractivity contribution in [3.05, 3.63) is 24.2 Å². The van der Waals surface area contributed by atoms with Crippen molar-refractivity contribution in [2.75, 3.05) is 32.7 Å². The van der Waals surface area contributed by atoms with Crippen LogP contribution in [0, 0.1) is 5.92 Å². The molecule has 3 amide bonds. The zero-order valence-electron chi connectivity index (χ0n) is 14.2. The maximum atomic E-state index is 12.8. The molecule has 0 bridgehead atoms. The summed E-state index contributed by atoms with van der Waals surface area (Å²) in [6.45, 7) is 2.59. The zero-order chi connectivity index (χ0) is 17.4. The SMILES string of the molecule is O=C(c1ccco1)N1CCN(C(=O)C2CC(=O)N(C3CCC3)C2)CC1. The van der Waals surface area contributed by atoms with Gasteiger partial charge in [0.1, 0.15) is 0 Å². The average molecular weight is 345 g/mol. The number of carbonyl (C=O) groups is 3. The van der Waals surface area contributed by atoms with Crippen LogP contribution in [0.5, 0.6) is 0 Å². The molecule has 25 heavy (non-hydrogen) atoms. The summed E-state index contributed by atoms with van der Waals surface area (Å²) in [4.78, 5) is 42.6. The van der Waals surface area contributed by atoms with Crippen LogP contribution in [-0.4, -0.2) is 71.2 Å². The Morgan fingerprint density at radius 3 is 2.40 bits per heavy atom. The Morgan fingerprint density at radius 1 is 1.08 bits per heavy atom. The molecule has 7 heteroatoms. The van der Waals surface area contributed by atoms with E-state index in [0.29, 0.717) is 50.9 Å². The fourth-order valence-electron chi connectivity index (χ4n) is 3.89. The first-order chi connectivity index (χ1) is 12.1. The van der Waals surface area contributed by atoms with E-state index in [-0.39, 0.29) is 23.6 Å². The highest BCUT2D eigenvalue weighted by atomic mass is 16.3. The van der Waals surface area contributed by atoms with Crippen molar-refractivity contribution in [3.8, 4) is 0 Å². The van der Waals surface area contributed by atoms with E-state index >= 15 is 0 Å². The van der Waals surface area contributed by atoms with Gasteiger partial charge >= 0.3 is 0 Å². The van der Waals surface area contributed by atoms with Gasteiger partial charge in [-0.25, -0.2) is 0 Å². The minimum Gasteiger partial charge on any atom is -0.459 e. The quantitative estimate of drug-likeness (QED) is 0.818. The van der Waals surface area contributed by atoms with E-state index in [1.54, 1.807) is 21.9 Å². The number of piperazine rings is 1. The van der Waals surface area contributed by atoms with Crippen molar-refractivity contribution in [3.63, 3.8) is 0 Å². The third kappa shape index (κ3) is 3.03. The molecule has 0 N–H and O–H groups in total. The maximum Gasteiger partial charge on any atom is 0.289 e.